The fourth-order valence-electron chi connectivity index (χ4n) is 2.71. The highest BCUT2D eigenvalue weighted by molar-refractivity contribution is 6.34. The molecule has 0 heterocycles. The highest BCUT2D eigenvalue weighted by Crippen LogP contribution is 2.28. The van der Waals surface area contributed by atoms with Gasteiger partial charge in [-0.1, -0.05) is 43.6 Å². The van der Waals surface area contributed by atoms with Crippen LogP contribution in [0.25, 0.3) is 0 Å². The molecule has 2 amide bonds. The van der Waals surface area contributed by atoms with E-state index in [2.05, 4.69) is 29.8 Å². The Kier molecular flexibility index (Phi) is 7.25. The summed E-state index contributed by atoms with van der Waals surface area (Å²) in [5.74, 6) is 0.0445. The number of rotatable bonds is 7. The zero-order chi connectivity index (χ0) is 20.0. The van der Waals surface area contributed by atoms with Gasteiger partial charge in [0.25, 0.3) is 0 Å². The average Bonchev–Trinajstić information content (AvgIpc) is 2.63. The molecule has 2 aromatic rings. The molecule has 0 spiro atoms. The minimum Gasteiger partial charge on any atom is -0.374 e. The Morgan fingerprint density at radius 3 is 2.37 bits per heavy atom. The van der Waals surface area contributed by atoms with Crippen molar-refractivity contribution >= 4 is 40.5 Å². The second-order valence-corrected chi connectivity index (χ2v) is 7.03. The summed E-state index contributed by atoms with van der Waals surface area (Å²) in [6.45, 7) is 7.48. The molecule has 0 aromatic heterocycles. The molecule has 0 radical (unpaired) electrons. The Morgan fingerprint density at radius 2 is 1.74 bits per heavy atom. The van der Waals surface area contributed by atoms with Crippen molar-refractivity contribution in [2.24, 2.45) is 0 Å². The van der Waals surface area contributed by atoms with E-state index in [1.54, 1.807) is 25.1 Å². The number of anilines is 3. The molecule has 2 rings (SSSR count). The lowest BCUT2D eigenvalue weighted by Crippen LogP contribution is -2.32. The summed E-state index contributed by atoms with van der Waals surface area (Å²) >= 11 is 6.18. The van der Waals surface area contributed by atoms with Gasteiger partial charge < -0.3 is 16.0 Å². The van der Waals surface area contributed by atoms with E-state index in [1.165, 1.54) is 6.92 Å². The largest absolute Gasteiger partial charge is 0.374 e. The molecule has 0 unspecified atom stereocenters. The molecule has 0 saturated carbocycles. The molecule has 3 N–H and O–H groups in total. The molecule has 5 nitrogen and oxygen atoms in total. The van der Waals surface area contributed by atoms with Crippen LogP contribution >= 0.6 is 11.6 Å². The Morgan fingerprint density at radius 1 is 1.04 bits per heavy atom. The van der Waals surface area contributed by atoms with Crippen molar-refractivity contribution in [2.45, 2.75) is 46.1 Å². The zero-order valence-electron chi connectivity index (χ0n) is 16.1. The molecule has 0 aliphatic rings. The number of amides is 2. The van der Waals surface area contributed by atoms with Crippen LogP contribution in [0.4, 0.5) is 17.1 Å². The topological polar surface area (TPSA) is 70.2 Å². The predicted octanol–water partition coefficient (Wildman–Crippen LogP) is 5.25. The second-order valence-electron chi connectivity index (χ2n) is 6.63. The van der Waals surface area contributed by atoms with Crippen molar-refractivity contribution < 1.29 is 9.59 Å². The number of hydrogen-bond acceptors (Lipinski definition) is 3. The van der Waals surface area contributed by atoms with Crippen molar-refractivity contribution in [1.82, 2.24) is 0 Å². The molecule has 27 heavy (non-hydrogen) atoms. The van der Waals surface area contributed by atoms with Crippen molar-refractivity contribution in [3.63, 3.8) is 0 Å². The van der Waals surface area contributed by atoms with Crippen LogP contribution in [0.2, 0.25) is 5.02 Å². The van der Waals surface area contributed by atoms with E-state index in [4.69, 9.17) is 11.6 Å². The van der Waals surface area contributed by atoms with Crippen LogP contribution in [-0.4, -0.2) is 17.9 Å². The molecule has 2 aromatic carbocycles. The van der Waals surface area contributed by atoms with Crippen LogP contribution in [0.1, 0.15) is 45.6 Å². The third-order valence-corrected chi connectivity index (χ3v) is 4.73. The quantitative estimate of drug-likeness (QED) is 0.607. The molecular formula is C21H26ClN3O2. The van der Waals surface area contributed by atoms with Crippen LogP contribution < -0.4 is 16.0 Å². The molecule has 2 atom stereocenters. The van der Waals surface area contributed by atoms with Crippen LogP contribution in [0, 0.1) is 0 Å². The molecule has 0 saturated heterocycles. The van der Waals surface area contributed by atoms with Gasteiger partial charge in [0, 0.05) is 18.3 Å². The first-order chi connectivity index (χ1) is 12.8. The molecule has 144 valence electrons. The number of nitrogens with one attached hydrogen (secondary N) is 3. The molecule has 0 fully saturated rings. The maximum atomic E-state index is 12.6. The summed E-state index contributed by atoms with van der Waals surface area (Å²) in [4.78, 5) is 23.8. The fourth-order valence-corrected chi connectivity index (χ4v) is 2.94. The number of para-hydroxylation sites is 1. The van der Waals surface area contributed by atoms with Crippen LogP contribution in [-0.2, 0) is 9.59 Å². The van der Waals surface area contributed by atoms with E-state index in [0.717, 1.165) is 17.7 Å². The number of carbonyl (C=O) groups is 2. The summed E-state index contributed by atoms with van der Waals surface area (Å²) in [5, 5.41) is 9.20. The maximum absolute atomic E-state index is 12.6. The first-order valence-corrected chi connectivity index (χ1v) is 9.43. The molecule has 0 aliphatic carbocycles. The Labute approximate surface area is 165 Å². The first kappa shape index (κ1) is 20.8. The molecule has 0 aliphatic heterocycles. The third kappa shape index (κ3) is 5.73. The highest BCUT2D eigenvalue weighted by Gasteiger charge is 2.16. The van der Waals surface area contributed by atoms with Crippen LogP contribution in [0.15, 0.2) is 42.5 Å². The SMILES string of the molecule is CC[C@@H](C)c1ccccc1NC(=O)[C@@H](C)Nc1ccc(NC(C)=O)c(Cl)c1. The average molecular weight is 388 g/mol. The number of carbonyl (C=O) groups excluding carboxylic acids is 2. The van der Waals surface area contributed by atoms with Crippen molar-refractivity contribution in [3.05, 3.63) is 53.1 Å². The van der Waals surface area contributed by atoms with Crippen LogP contribution in [0.5, 0.6) is 0 Å². The van der Waals surface area contributed by atoms with Gasteiger partial charge in [0.2, 0.25) is 11.8 Å². The molecular weight excluding hydrogens is 362 g/mol. The lowest BCUT2D eigenvalue weighted by Gasteiger charge is -2.19. The standard InChI is InChI=1S/C21H26ClN3O2/c1-5-13(2)17-8-6-7-9-19(17)25-21(27)14(3)23-16-10-11-20(18(22)12-16)24-15(4)26/h6-14,23H,5H2,1-4H3,(H,24,26)(H,25,27)/t13-,14-/m1/s1. The normalized spacial score (nSPS) is 12.8. The van der Waals surface area contributed by atoms with Gasteiger partial charge in [0.15, 0.2) is 0 Å². The van der Waals surface area contributed by atoms with E-state index < -0.39 is 6.04 Å². The summed E-state index contributed by atoms with van der Waals surface area (Å²) in [5.41, 5.74) is 3.20. The number of hydrogen-bond donors (Lipinski definition) is 3. The Hall–Kier alpha value is -2.53. The van der Waals surface area contributed by atoms with E-state index in [9.17, 15) is 9.59 Å². The lowest BCUT2D eigenvalue weighted by molar-refractivity contribution is -0.116. The van der Waals surface area contributed by atoms with E-state index in [-0.39, 0.29) is 11.8 Å². The number of benzene rings is 2. The monoisotopic (exact) mass is 387 g/mol. The van der Waals surface area contributed by atoms with Gasteiger partial charge in [0.05, 0.1) is 10.7 Å². The van der Waals surface area contributed by atoms with Gasteiger partial charge >= 0.3 is 0 Å². The van der Waals surface area contributed by atoms with E-state index in [1.807, 2.05) is 24.3 Å². The van der Waals surface area contributed by atoms with Gasteiger partial charge in [-0.3, -0.25) is 9.59 Å². The first-order valence-electron chi connectivity index (χ1n) is 9.05. The van der Waals surface area contributed by atoms with E-state index in [0.29, 0.717) is 22.3 Å². The third-order valence-electron chi connectivity index (χ3n) is 4.42. The summed E-state index contributed by atoms with van der Waals surface area (Å²) < 4.78 is 0. The minimum atomic E-state index is -0.460. The molecule has 6 heteroatoms. The number of halogens is 1. The lowest BCUT2D eigenvalue weighted by atomic mass is 9.97. The van der Waals surface area contributed by atoms with Gasteiger partial charge in [0.1, 0.15) is 6.04 Å². The van der Waals surface area contributed by atoms with Gasteiger partial charge in [-0.25, -0.2) is 0 Å². The predicted molar refractivity (Wildman–Crippen MR) is 113 cm³/mol. The van der Waals surface area contributed by atoms with Gasteiger partial charge in [-0.2, -0.15) is 0 Å². The minimum absolute atomic E-state index is 0.132. The van der Waals surface area contributed by atoms with Crippen molar-refractivity contribution in [2.75, 3.05) is 16.0 Å². The Balaban J connectivity index is 2.06. The molecule has 0 bridgehead atoms. The van der Waals surface area contributed by atoms with Crippen molar-refractivity contribution in [3.8, 4) is 0 Å². The smallest absolute Gasteiger partial charge is 0.246 e. The summed E-state index contributed by atoms with van der Waals surface area (Å²) in [6, 6.07) is 12.6. The van der Waals surface area contributed by atoms with Gasteiger partial charge in [-0.15, -0.1) is 0 Å². The summed E-state index contributed by atoms with van der Waals surface area (Å²) in [7, 11) is 0. The van der Waals surface area contributed by atoms with Crippen molar-refractivity contribution in [1.29, 1.82) is 0 Å². The highest BCUT2D eigenvalue weighted by atomic mass is 35.5. The van der Waals surface area contributed by atoms with Gasteiger partial charge in [-0.05, 0) is 49.1 Å². The summed E-state index contributed by atoms with van der Waals surface area (Å²) in [6.07, 6.45) is 1.000. The van der Waals surface area contributed by atoms with E-state index >= 15 is 0 Å². The van der Waals surface area contributed by atoms with Crippen LogP contribution in [0.3, 0.4) is 0 Å². The zero-order valence-corrected chi connectivity index (χ0v) is 16.9. The second kappa shape index (κ2) is 9.42. The maximum Gasteiger partial charge on any atom is 0.246 e. The fraction of sp³-hybridized carbons (Fsp3) is 0.333. The Bertz CT molecular complexity index is 823.